The van der Waals surface area contributed by atoms with Gasteiger partial charge in [0, 0.05) is 18.3 Å². The fourth-order valence-corrected chi connectivity index (χ4v) is 2.35. The highest BCUT2D eigenvalue weighted by atomic mass is 16.5. The summed E-state index contributed by atoms with van der Waals surface area (Å²) in [6, 6.07) is 6.78. The molecule has 0 amide bonds. The monoisotopic (exact) mass is 296 g/mol. The average molecular weight is 296 g/mol. The second kappa shape index (κ2) is 4.73. The van der Waals surface area contributed by atoms with Crippen LogP contribution in [-0.2, 0) is 0 Å². The van der Waals surface area contributed by atoms with Crippen molar-refractivity contribution in [1.29, 1.82) is 0 Å². The van der Waals surface area contributed by atoms with Crippen molar-refractivity contribution in [3.63, 3.8) is 0 Å². The minimum absolute atomic E-state index is 0.0838. The normalized spacial score (nSPS) is 11.3. The van der Waals surface area contributed by atoms with Crippen LogP contribution in [0, 0.1) is 0 Å². The molecule has 4 heterocycles. The molecule has 0 spiro atoms. The molecule has 22 heavy (non-hydrogen) atoms. The van der Waals surface area contributed by atoms with E-state index < -0.39 is 0 Å². The van der Waals surface area contributed by atoms with Crippen molar-refractivity contribution in [1.82, 2.24) is 19.6 Å². The third-order valence-electron chi connectivity index (χ3n) is 3.29. The van der Waals surface area contributed by atoms with E-state index >= 15 is 0 Å². The van der Waals surface area contributed by atoms with Gasteiger partial charge in [0.15, 0.2) is 11.4 Å². The van der Waals surface area contributed by atoms with Gasteiger partial charge in [-0.2, -0.15) is 0 Å². The van der Waals surface area contributed by atoms with Gasteiger partial charge in [-0.05, 0) is 19.1 Å². The summed E-state index contributed by atoms with van der Waals surface area (Å²) in [5.74, 6) is 1.02. The van der Waals surface area contributed by atoms with E-state index in [-0.39, 0.29) is 5.88 Å². The summed E-state index contributed by atoms with van der Waals surface area (Å²) in [4.78, 5) is 8.46. The van der Waals surface area contributed by atoms with Crippen molar-refractivity contribution in [2.24, 2.45) is 0 Å². The number of rotatable bonds is 3. The Hall–Kier alpha value is -3.09. The molecule has 0 fully saturated rings. The van der Waals surface area contributed by atoms with E-state index in [1.165, 1.54) is 10.6 Å². The first-order valence-corrected chi connectivity index (χ1v) is 6.81. The third-order valence-corrected chi connectivity index (χ3v) is 3.29. The molecule has 0 aromatic carbocycles. The second-order valence-corrected chi connectivity index (χ2v) is 4.68. The Labute approximate surface area is 124 Å². The number of pyridine rings is 1. The number of hydrogen-bond donors (Lipinski definition) is 1. The molecule has 0 radical (unpaired) electrons. The molecular weight excluding hydrogens is 284 g/mol. The fraction of sp³-hybridized carbons (Fsp3) is 0.133. The van der Waals surface area contributed by atoms with Crippen LogP contribution in [0.1, 0.15) is 6.92 Å². The van der Waals surface area contributed by atoms with Crippen LogP contribution in [0.4, 0.5) is 0 Å². The van der Waals surface area contributed by atoms with Gasteiger partial charge in [0.1, 0.15) is 11.3 Å². The zero-order chi connectivity index (χ0) is 15.1. The minimum atomic E-state index is -0.0838. The largest absolute Gasteiger partial charge is 0.492 e. The zero-order valence-corrected chi connectivity index (χ0v) is 11.7. The van der Waals surface area contributed by atoms with Crippen LogP contribution in [0.25, 0.3) is 28.1 Å². The van der Waals surface area contributed by atoms with E-state index in [1.807, 2.05) is 13.0 Å². The number of furan rings is 1. The Morgan fingerprint density at radius 2 is 2.18 bits per heavy atom. The van der Waals surface area contributed by atoms with Crippen molar-refractivity contribution >= 4 is 16.6 Å². The van der Waals surface area contributed by atoms with Gasteiger partial charge in [-0.25, -0.2) is 14.5 Å². The molecule has 0 saturated heterocycles. The summed E-state index contributed by atoms with van der Waals surface area (Å²) in [6.45, 7) is 2.43. The first kappa shape index (κ1) is 12.6. The molecule has 110 valence electrons. The van der Waals surface area contributed by atoms with E-state index in [9.17, 15) is 5.11 Å². The molecule has 4 aromatic rings. The summed E-state index contributed by atoms with van der Waals surface area (Å²) in [5.41, 5.74) is 1.93. The highest BCUT2D eigenvalue weighted by Gasteiger charge is 2.15. The Kier molecular flexibility index (Phi) is 2.72. The number of ether oxygens (including phenoxy) is 1. The summed E-state index contributed by atoms with van der Waals surface area (Å²) < 4.78 is 12.9. The molecule has 0 aliphatic rings. The Balaban J connectivity index is 1.93. The van der Waals surface area contributed by atoms with E-state index in [1.54, 1.807) is 24.5 Å². The number of hydrogen-bond acceptors (Lipinski definition) is 6. The van der Waals surface area contributed by atoms with E-state index in [0.29, 0.717) is 35.2 Å². The van der Waals surface area contributed by atoms with E-state index in [4.69, 9.17) is 9.15 Å². The van der Waals surface area contributed by atoms with Crippen LogP contribution in [0.2, 0.25) is 0 Å². The van der Waals surface area contributed by atoms with Gasteiger partial charge in [-0.1, -0.05) is 0 Å². The van der Waals surface area contributed by atoms with Crippen LogP contribution >= 0.6 is 0 Å². The molecule has 4 aromatic heterocycles. The highest BCUT2D eigenvalue weighted by Crippen LogP contribution is 2.32. The van der Waals surface area contributed by atoms with Crippen LogP contribution in [0.3, 0.4) is 0 Å². The smallest absolute Gasteiger partial charge is 0.229 e. The van der Waals surface area contributed by atoms with Crippen LogP contribution in [0.5, 0.6) is 11.8 Å². The lowest BCUT2D eigenvalue weighted by atomic mass is 10.3. The van der Waals surface area contributed by atoms with E-state index in [0.717, 1.165) is 5.39 Å². The topological polar surface area (TPSA) is 85.7 Å². The molecule has 0 saturated carbocycles. The van der Waals surface area contributed by atoms with Crippen molar-refractivity contribution in [2.75, 3.05) is 6.61 Å². The Morgan fingerprint density at radius 3 is 3.05 bits per heavy atom. The van der Waals surface area contributed by atoms with Gasteiger partial charge in [0.25, 0.3) is 0 Å². The average Bonchev–Trinajstić information content (AvgIpc) is 3.11. The molecule has 0 aliphatic carbocycles. The molecular formula is C15H12N4O3. The summed E-state index contributed by atoms with van der Waals surface area (Å²) >= 11 is 0. The SMILES string of the molecule is CCOc1nccc2oc(-c3cnc4ccc(O)nn34)cc12. The van der Waals surface area contributed by atoms with Crippen LogP contribution < -0.4 is 4.74 Å². The minimum Gasteiger partial charge on any atom is -0.492 e. The maximum atomic E-state index is 9.55. The van der Waals surface area contributed by atoms with Gasteiger partial charge in [-0.3, -0.25) is 0 Å². The molecule has 4 rings (SSSR count). The van der Waals surface area contributed by atoms with Crippen molar-refractivity contribution in [2.45, 2.75) is 6.92 Å². The molecule has 0 aliphatic heterocycles. The van der Waals surface area contributed by atoms with Crippen molar-refractivity contribution in [3.05, 3.63) is 36.7 Å². The lowest BCUT2D eigenvalue weighted by Crippen LogP contribution is -1.93. The number of nitrogens with zero attached hydrogens (tertiary/aromatic N) is 4. The van der Waals surface area contributed by atoms with Crippen LogP contribution in [-0.4, -0.2) is 31.3 Å². The quantitative estimate of drug-likeness (QED) is 0.625. The Morgan fingerprint density at radius 1 is 1.27 bits per heavy atom. The predicted molar refractivity (Wildman–Crippen MR) is 78.8 cm³/mol. The fourth-order valence-electron chi connectivity index (χ4n) is 2.35. The third kappa shape index (κ3) is 1.86. The predicted octanol–water partition coefficient (Wildman–Crippen LogP) is 2.64. The molecule has 7 heteroatoms. The van der Waals surface area contributed by atoms with Crippen LogP contribution in [0.15, 0.2) is 41.1 Å². The van der Waals surface area contributed by atoms with Gasteiger partial charge < -0.3 is 14.3 Å². The van der Waals surface area contributed by atoms with Crippen molar-refractivity contribution < 1.29 is 14.3 Å². The number of aromatic hydroxyl groups is 1. The second-order valence-electron chi connectivity index (χ2n) is 4.68. The van der Waals surface area contributed by atoms with Crippen molar-refractivity contribution in [3.8, 4) is 23.2 Å². The number of fused-ring (bicyclic) bond motifs is 2. The zero-order valence-electron chi connectivity index (χ0n) is 11.7. The number of imidazole rings is 1. The van der Waals surface area contributed by atoms with Gasteiger partial charge >= 0.3 is 0 Å². The molecule has 7 nitrogen and oxygen atoms in total. The molecule has 0 atom stereocenters. The highest BCUT2D eigenvalue weighted by molar-refractivity contribution is 5.86. The first-order valence-electron chi connectivity index (χ1n) is 6.81. The van der Waals surface area contributed by atoms with Gasteiger partial charge in [-0.15, -0.1) is 5.10 Å². The lowest BCUT2D eigenvalue weighted by molar-refractivity contribution is 0.331. The number of aromatic nitrogens is 4. The Bertz CT molecular complexity index is 973. The standard InChI is InChI=1S/C15H12N4O3/c1-2-21-15-9-7-12(22-11(9)5-6-16-15)10-8-17-13-3-4-14(20)18-19(10)13/h3-8H,2H2,1H3,(H,18,20). The maximum Gasteiger partial charge on any atom is 0.229 e. The molecule has 0 unspecified atom stereocenters. The van der Waals surface area contributed by atoms with Gasteiger partial charge in [0.2, 0.25) is 11.8 Å². The summed E-state index contributed by atoms with van der Waals surface area (Å²) in [7, 11) is 0. The molecule has 1 N–H and O–H groups in total. The summed E-state index contributed by atoms with van der Waals surface area (Å²) in [5, 5.41) is 14.4. The van der Waals surface area contributed by atoms with E-state index in [2.05, 4.69) is 15.1 Å². The summed E-state index contributed by atoms with van der Waals surface area (Å²) in [6.07, 6.45) is 3.28. The first-order chi connectivity index (χ1) is 10.8. The van der Waals surface area contributed by atoms with Gasteiger partial charge in [0.05, 0.1) is 18.2 Å². The maximum absolute atomic E-state index is 9.55. The lowest BCUT2D eigenvalue weighted by Gasteiger charge is -2.00. The molecule has 0 bridgehead atoms.